The summed E-state index contributed by atoms with van der Waals surface area (Å²) in [6.45, 7) is 3.00. The molecule has 0 saturated carbocycles. The van der Waals surface area contributed by atoms with Gasteiger partial charge in [-0.25, -0.2) is 4.98 Å². The van der Waals surface area contributed by atoms with Gasteiger partial charge in [-0.05, 0) is 12.1 Å². The molecule has 0 bridgehead atoms. The molecule has 7 heteroatoms. The van der Waals surface area contributed by atoms with E-state index < -0.39 is 5.76 Å². The molecule has 2 heterocycles. The number of nitrogens with one attached hydrogen (secondary N) is 1. The molecule has 0 spiro atoms. The normalized spacial score (nSPS) is 11.4. The molecule has 0 unspecified atom stereocenters. The maximum atomic E-state index is 12.0. The molecule has 0 aliphatic carbocycles. The maximum absolute atomic E-state index is 12.0. The van der Waals surface area contributed by atoms with E-state index in [1.807, 2.05) is 6.92 Å². The predicted molar refractivity (Wildman–Crippen MR) is 72.4 cm³/mol. The van der Waals surface area contributed by atoms with Gasteiger partial charge >= 0.3 is 0 Å². The Hall–Kier alpha value is -1.34. The summed E-state index contributed by atoms with van der Waals surface area (Å²) in [5, 5.41) is 3.13. The van der Waals surface area contributed by atoms with E-state index in [-0.39, 0.29) is 5.75 Å². The zero-order valence-electron chi connectivity index (χ0n) is 11.1. The van der Waals surface area contributed by atoms with Crippen LogP contribution in [-0.2, 0) is 25.3 Å². The summed E-state index contributed by atoms with van der Waals surface area (Å²) in [5.41, 5.74) is 0. The van der Waals surface area contributed by atoms with Crippen molar-refractivity contribution in [1.29, 1.82) is 0 Å². The van der Waals surface area contributed by atoms with E-state index in [2.05, 4.69) is 10.3 Å². The predicted octanol–water partition coefficient (Wildman–Crippen LogP) is 3.58. The van der Waals surface area contributed by atoms with Gasteiger partial charge in [0.05, 0.1) is 25.0 Å². The van der Waals surface area contributed by atoms with Crippen molar-refractivity contribution in [2.24, 2.45) is 0 Å². The van der Waals surface area contributed by atoms with Crippen molar-refractivity contribution in [3.8, 4) is 0 Å². The van der Waals surface area contributed by atoms with Crippen molar-refractivity contribution in [2.45, 2.75) is 37.9 Å². The average Bonchev–Trinajstić information content (AvgIpc) is 3.05. The number of nitrogens with zero attached hydrogens (tertiary/aromatic N) is 1. The summed E-state index contributed by atoms with van der Waals surface area (Å²) >= 11 is 0.551. The smallest absolute Gasteiger partial charge is 0.284 e. The molecule has 0 radical (unpaired) electrons. The van der Waals surface area contributed by atoms with Gasteiger partial charge in [-0.3, -0.25) is 0 Å². The Balaban J connectivity index is 1.73. The summed E-state index contributed by atoms with van der Waals surface area (Å²) in [6.07, 6.45) is 2.53. The van der Waals surface area contributed by atoms with Crippen LogP contribution in [0.25, 0.3) is 0 Å². The summed E-state index contributed by atoms with van der Waals surface area (Å²) in [6, 6.07) is 3.49. The van der Waals surface area contributed by atoms with E-state index in [0.29, 0.717) is 42.3 Å². The number of furan rings is 1. The third kappa shape index (κ3) is 4.64. The quantitative estimate of drug-likeness (QED) is 0.808. The Bertz CT molecular complexity index is 528. The minimum absolute atomic E-state index is 0.178. The van der Waals surface area contributed by atoms with Crippen LogP contribution in [0.2, 0.25) is 0 Å². The summed E-state index contributed by atoms with van der Waals surface area (Å²) in [7, 11) is 0. The van der Waals surface area contributed by atoms with Crippen molar-refractivity contribution in [2.75, 3.05) is 0 Å². The van der Waals surface area contributed by atoms with Gasteiger partial charge in [-0.15, -0.1) is 0 Å². The highest BCUT2D eigenvalue weighted by molar-refractivity contribution is 7.98. The first-order chi connectivity index (χ1) is 9.67. The topological polar surface area (TPSA) is 51.2 Å². The van der Waals surface area contributed by atoms with Crippen LogP contribution in [0, 0.1) is 0 Å². The van der Waals surface area contributed by atoms with Crippen molar-refractivity contribution >= 4 is 11.8 Å². The lowest BCUT2D eigenvalue weighted by molar-refractivity contribution is 0.251. The number of halogens is 2. The molecule has 2 aromatic rings. The van der Waals surface area contributed by atoms with Gasteiger partial charge in [-0.1, -0.05) is 18.7 Å². The first kappa shape index (κ1) is 15.1. The van der Waals surface area contributed by atoms with Crippen molar-refractivity contribution in [3.05, 3.63) is 41.5 Å². The fourth-order valence-electron chi connectivity index (χ4n) is 1.63. The van der Waals surface area contributed by atoms with E-state index in [4.69, 9.17) is 8.83 Å². The molecular weight excluding hydrogens is 286 g/mol. The second kappa shape index (κ2) is 7.44. The largest absolute Gasteiger partial charge is 0.464 e. The molecule has 1 N–H and O–H groups in total. The van der Waals surface area contributed by atoms with Crippen LogP contribution < -0.4 is 5.32 Å². The Morgan fingerprint density at radius 1 is 1.20 bits per heavy atom. The molecule has 0 aromatic carbocycles. The Morgan fingerprint density at radius 3 is 2.70 bits per heavy atom. The summed E-state index contributed by atoms with van der Waals surface area (Å²) in [4.78, 5) is 4.13. The molecule has 2 rings (SSSR count). The van der Waals surface area contributed by atoms with Gasteiger partial charge in [0.1, 0.15) is 17.3 Å². The SMILES string of the molecule is CCc1cnc(CNCc2ccc(CSC(F)F)o2)o1. The van der Waals surface area contributed by atoms with E-state index in [1.54, 1.807) is 18.3 Å². The van der Waals surface area contributed by atoms with Gasteiger partial charge in [-0.2, -0.15) is 8.78 Å². The molecule has 110 valence electrons. The lowest BCUT2D eigenvalue weighted by Gasteiger charge is -1.99. The minimum atomic E-state index is -2.38. The zero-order valence-corrected chi connectivity index (χ0v) is 11.9. The number of alkyl halides is 2. The molecular formula is C13H16F2N2O2S. The fraction of sp³-hybridized carbons (Fsp3) is 0.462. The first-order valence-corrected chi connectivity index (χ1v) is 7.34. The van der Waals surface area contributed by atoms with E-state index in [9.17, 15) is 8.78 Å². The molecule has 20 heavy (non-hydrogen) atoms. The number of aryl methyl sites for hydroxylation is 1. The van der Waals surface area contributed by atoms with Crippen LogP contribution in [0.3, 0.4) is 0 Å². The van der Waals surface area contributed by atoms with Crippen LogP contribution in [0.5, 0.6) is 0 Å². The van der Waals surface area contributed by atoms with Gasteiger partial charge < -0.3 is 14.2 Å². The second-order valence-corrected chi connectivity index (χ2v) is 5.10. The van der Waals surface area contributed by atoms with E-state index >= 15 is 0 Å². The average molecular weight is 302 g/mol. The number of oxazole rings is 1. The third-order valence-electron chi connectivity index (χ3n) is 2.59. The van der Waals surface area contributed by atoms with Gasteiger partial charge in [0.25, 0.3) is 5.76 Å². The molecule has 0 atom stereocenters. The fourth-order valence-corrected chi connectivity index (χ4v) is 2.07. The zero-order chi connectivity index (χ0) is 14.4. The van der Waals surface area contributed by atoms with E-state index in [1.165, 1.54) is 0 Å². The number of rotatable bonds is 8. The molecule has 2 aromatic heterocycles. The Labute approximate surface area is 119 Å². The highest BCUT2D eigenvalue weighted by atomic mass is 32.2. The molecule has 4 nitrogen and oxygen atoms in total. The van der Waals surface area contributed by atoms with Crippen LogP contribution >= 0.6 is 11.8 Å². The third-order valence-corrected chi connectivity index (χ3v) is 3.30. The monoisotopic (exact) mass is 302 g/mol. The Morgan fingerprint density at radius 2 is 2.00 bits per heavy atom. The first-order valence-electron chi connectivity index (χ1n) is 6.29. The van der Waals surface area contributed by atoms with Gasteiger partial charge in [0.2, 0.25) is 5.89 Å². The molecule has 0 saturated heterocycles. The lowest BCUT2D eigenvalue weighted by atomic mass is 10.4. The summed E-state index contributed by atoms with van der Waals surface area (Å²) < 4.78 is 35.0. The molecule has 0 aliphatic heterocycles. The lowest BCUT2D eigenvalue weighted by Crippen LogP contribution is -2.12. The number of thioether (sulfide) groups is 1. The summed E-state index contributed by atoms with van der Waals surface area (Å²) in [5.74, 6) is 0.540. The second-order valence-electron chi connectivity index (χ2n) is 4.12. The maximum Gasteiger partial charge on any atom is 0.284 e. The number of hydrogen-bond acceptors (Lipinski definition) is 5. The molecule has 0 fully saturated rings. The van der Waals surface area contributed by atoms with Crippen LogP contribution in [-0.4, -0.2) is 10.7 Å². The van der Waals surface area contributed by atoms with E-state index in [0.717, 1.165) is 12.2 Å². The van der Waals surface area contributed by atoms with Gasteiger partial charge in [0, 0.05) is 6.42 Å². The number of hydrogen-bond donors (Lipinski definition) is 1. The highest BCUT2D eigenvalue weighted by Crippen LogP contribution is 2.21. The highest BCUT2D eigenvalue weighted by Gasteiger charge is 2.07. The van der Waals surface area contributed by atoms with Crippen molar-refractivity contribution in [1.82, 2.24) is 10.3 Å². The Kier molecular flexibility index (Phi) is 5.60. The van der Waals surface area contributed by atoms with Crippen LogP contribution in [0.1, 0.15) is 30.1 Å². The van der Waals surface area contributed by atoms with Crippen molar-refractivity contribution in [3.63, 3.8) is 0 Å². The molecule has 0 aliphatic rings. The minimum Gasteiger partial charge on any atom is -0.464 e. The molecule has 0 amide bonds. The number of aromatic nitrogens is 1. The van der Waals surface area contributed by atoms with Crippen molar-refractivity contribution < 1.29 is 17.6 Å². The van der Waals surface area contributed by atoms with Crippen LogP contribution in [0.15, 0.2) is 27.2 Å². The van der Waals surface area contributed by atoms with Gasteiger partial charge in [0.15, 0.2) is 0 Å². The standard InChI is InChI=1S/C13H16F2N2O2S/c1-2-9-6-17-12(19-9)7-16-5-10-3-4-11(18-10)8-20-13(14)15/h3-4,6,13,16H,2,5,7-8H2,1H3. The van der Waals surface area contributed by atoms with Crippen LogP contribution in [0.4, 0.5) is 8.78 Å².